The first-order chi connectivity index (χ1) is 9.66. The fourth-order valence-corrected chi connectivity index (χ4v) is 3.16. The molecule has 0 aliphatic heterocycles. The van der Waals surface area contributed by atoms with Crippen LogP contribution in [0, 0.1) is 11.3 Å². The van der Waals surface area contributed by atoms with Gasteiger partial charge in [0.15, 0.2) is 0 Å². The summed E-state index contributed by atoms with van der Waals surface area (Å²) >= 11 is 0. The molecule has 110 valence electrons. The minimum absolute atomic E-state index is 0.212. The fourth-order valence-electron chi connectivity index (χ4n) is 3.16. The van der Waals surface area contributed by atoms with E-state index in [9.17, 15) is 0 Å². The molecule has 1 aromatic carbocycles. The molecule has 0 spiro atoms. The molecule has 21 heavy (non-hydrogen) atoms. The molecule has 0 radical (unpaired) electrons. The maximum atomic E-state index is 2.44. The normalized spacial score (nSPS) is 20.8. The molecule has 2 aliphatic rings. The molecule has 0 fully saturated rings. The van der Waals surface area contributed by atoms with Crippen LogP contribution in [-0.2, 0) is 5.41 Å². The molecule has 0 heteroatoms. The summed E-state index contributed by atoms with van der Waals surface area (Å²) in [5, 5.41) is 2.81. The SMILES string of the molecule is CC(C)(C)C1=C[C@H]2C=c3cc(C(C)(C)C)ccc3=C2C=C1. The Bertz CT molecular complexity index is 756. The second-order valence-corrected chi connectivity index (χ2v) is 8.41. The van der Waals surface area contributed by atoms with Gasteiger partial charge >= 0.3 is 0 Å². The van der Waals surface area contributed by atoms with E-state index in [0.29, 0.717) is 5.92 Å². The average Bonchev–Trinajstić information content (AvgIpc) is 2.73. The summed E-state index contributed by atoms with van der Waals surface area (Å²) in [6.07, 6.45) is 9.48. The van der Waals surface area contributed by atoms with Crippen molar-refractivity contribution in [1.82, 2.24) is 0 Å². The zero-order chi connectivity index (χ0) is 15.4. The highest BCUT2D eigenvalue weighted by molar-refractivity contribution is 5.75. The predicted octanol–water partition coefficient (Wildman–Crippen LogP) is 4.09. The third-order valence-electron chi connectivity index (χ3n) is 4.61. The quantitative estimate of drug-likeness (QED) is 0.670. The van der Waals surface area contributed by atoms with E-state index in [2.05, 4.69) is 84.0 Å². The van der Waals surface area contributed by atoms with Gasteiger partial charge < -0.3 is 0 Å². The van der Waals surface area contributed by atoms with Gasteiger partial charge in [0.25, 0.3) is 0 Å². The Morgan fingerprint density at radius 1 is 0.810 bits per heavy atom. The van der Waals surface area contributed by atoms with Crippen LogP contribution < -0.4 is 10.4 Å². The van der Waals surface area contributed by atoms with Gasteiger partial charge in [-0.25, -0.2) is 0 Å². The van der Waals surface area contributed by atoms with E-state index in [4.69, 9.17) is 0 Å². The van der Waals surface area contributed by atoms with Gasteiger partial charge in [-0.15, -0.1) is 0 Å². The zero-order valence-corrected chi connectivity index (χ0v) is 14.1. The second-order valence-electron chi connectivity index (χ2n) is 8.41. The summed E-state index contributed by atoms with van der Waals surface area (Å²) in [6.45, 7) is 13.7. The lowest BCUT2D eigenvalue weighted by molar-refractivity contribution is 0.513. The third kappa shape index (κ3) is 2.52. The van der Waals surface area contributed by atoms with Gasteiger partial charge in [0.1, 0.15) is 0 Å². The van der Waals surface area contributed by atoms with Crippen molar-refractivity contribution in [2.24, 2.45) is 11.3 Å². The number of fused-ring (bicyclic) bond motifs is 2. The van der Waals surface area contributed by atoms with Gasteiger partial charge in [-0.3, -0.25) is 0 Å². The molecular formula is C21H26. The molecule has 0 saturated heterocycles. The molecule has 0 unspecified atom stereocenters. The van der Waals surface area contributed by atoms with Crippen LogP contribution in [0.3, 0.4) is 0 Å². The number of allylic oxidation sites excluding steroid dienone is 4. The Balaban J connectivity index is 2.12. The molecule has 0 nitrogen and oxygen atoms in total. The van der Waals surface area contributed by atoms with Crippen LogP contribution in [0.15, 0.2) is 42.0 Å². The maximum Gasteiger partial charge on any atom is 0.0219 e. The van der Waals surface area contributed by atoms with Crippen molar-refractivity contribution in [3.63, 3.8) is 0 Å². The summed E-state index contributed by atoms with van der Waals surface area (Å²) in [7, 11) is 0. The lowest BCUT2D eigenvalue weighted by atomic mass is 9.80. The zero-order valence-electron chi connectivity index (χ0n) is 14.1. The Kier molecular flexibility index (Phi) is 3.06. The predicted molar refractivity (Wildman–Crippen MR) is 92.4 cm³/mol. The standard InChI is InChI=1S/C21H26/c1-20(2,3)16-7-9-18-14(12-16)11-15-13-17(21(4,5)6)8-10-19(15)18/h7-14H,1-6H3/t14-/m1/s1. The topological polar surface area (TPSA) is 0 Å². The van der Waals surface area contributed by atoms with Crippen molar-refractivity contribution in [2.45, 2.75) is 47.0 Å². The average molecular weight is 278 g/mol. The van der Waals surface area contributed by atoms with Crippen molar-refractivity contribution < 1.29 is 0 Å². The lowest BCUT2D eigenvalue weighted by Crippen LogP contribution is -2.26. The largest absolute Gasteiger partial charge is 0.0694 e. The van der Waals surface area contributed by atoms with Crippen LogP contribution in [0.4, 0.5) is 0 Å². The Labute approximate surface area is 128 Å². The maximum absolute atomic E-state index is 2.44. The van der Waals surface area contributed by atoms with Gasteiger partial charge in [0, 0.05) is 5.92 Å². The fraction of sp³-hybridized carbons (Fsp3) is 0.429. The second kappa shape index (κ2) is 4.47. The van der Waals surface area contributed by atoms with Crippen molar-refractivity contribution >= 4 is 11.6 Å². The highest BCUT2D eigenvalue weighted by Gasteiger charge is 2.24. The van der Waals surface area contributed by atoms with E-state index in [1.54, 1.807) is 0 Å². The molecule has 0 bridgehead atoms. The van der Waals surface area contributed by atoms with E-state index in [0.717, 1.165) is 0 Å². The van der Waals surface area contributed by atoms with Gasteiger partial charge in [-0.05, 0) is 38.0 Å². The summed E-state index contributed by atoms with van der Waals surface area (Å²) in [4.78, 5) is 0. The first kappa shape index (κ1) is 14.4. The molecule has 0 amide bonds. The van der Waals surface area contributed by atoms with Gasteiger partial charge in [0.2, 0.25) is 0 Å². The smallest absolute Gasteiger partial charge is 0.0219 e. The van der Waals surface area contributed by atoms with Gasteiger partial charge in [-0.1, -0.05) is 84.0 Å². The van der Waals surface area contributed by atoms with Crippen molar-refractivity contribution in [1.29, 1.82) is 0 Å². The van der Waals surface area contributed by atoms with Gasteiger partial charge in [-0.2, -0.15) is 0 Å². The molecule has 3 rings (SSSR count). The molecular weight excluding hydrogens is 252 g/mol. The number of benzene rings is 1. The lowest BCUT2D eigenvalue weighted by Gasteiger charge is -2.25. The Morgan fingerprint density at radius 3 is 2.14 bits per heavy atom. The Hall–Kier alpha value is -1.56. The Morgan fingerprint density at radius 2 is 1.52 bits per heavy atom. The number of rotatable bonds is 0. The summed E-state index contributed by atoms with van der Waals surface area (Å²) in [6, 6.07) is 6.97. The van der Waals surface area contributed by atoms with Crippen molar-refractivity contribution in [3.8, 4) is 0 Å². The highest BCUT2D eigenvalue weighted by atomic mass is 14.3. The van der Waals surface area contributed by atoms with Crippen LogP contribution in [0.5, 0.6) is 0 Å². The molecule has 0 heterocycles. The first-order valence-electron chi connectivity index (χ1n) is 7.93. The van der Waals surface area contributed by atoms with Crippen molar-refractivity contribution in [3.05, 3.63) is 58.0 Å². The van der Waals surface area contributed by atoms with E-state index < -0.39 is 0 Å². The molecule has 1 atom stereocenters. The van der Waals surface area contributed by atoms with Gasteiger partial charge in [0.05, 0.1) is 0 Å². The molecule has 2 aliphatic carbocycles. The van der Waals surface area contributed by atoms with E-state index in [1.807, 2.05) is 0 Å². The summed E-state index contributed by atoms with van der Waals surface area (Å²) < 4.78 is 0. The summed E-state index contributed by atoms with van der Waals surface area (Å²) in [5.74, 6) is 0.453. The number of hydrogen-bond donors (Lipinski definition) is 0. The minimum Gasteiger partial charge on any atom is -0.0694 e. The molecule has 0 aromatic heterocycles. The third-order valence-corrected chi connectivity index (χ3v) is 4.61. The molecule has 0 saturated carbocycles. The molecule has 1 aromatic rings. The monoisotopic (exact) mass is 278 g/mol. The van der Waals surface area contributed by atoms with Crippen LogP contribution >= 0.6 is 0 Å². The molecule has 0 N–H and O–H groups in total. The van der Waals surface area contributed by atoms with Crippen molar-refractivity contribution in [2.75, 3.05) is 0 Å². The van der Waals surface area contributed by atoms with Crippen LogP contribution in [-0.4, -0.2) is 0 Å². The van der Waals surface area contributed by atoms with Crippen LogP contribution in [0.1, 0.15) is 47.1 Å². The van der Waals surface area contributed by atoms with E-state index in [1.165, 1.54) is 27.1 Å². The summed E-state index contributed by atoms with van der Waals surface area (Å²) in [5.41, 5.74) is 4.75. The number of hydrogen-bond acceptors (Lipinski definition) is 0. The minimum atomic E-state index is 0.212. The van der Waals surface area contributed by atoms with Crippen LogP contribution in [0.2, 0.25) is 0 Å². The van der Waals surface area contributed by atoms with E-state index >= 15 is 0 Å². The highest BCUT2D eigenvalue weighted by Crippen LogP contribution is 2.34. The first-order valence-corrected chi connectivity index (χ1v) is 7.93. The van der Waals surface area contributed by atoms with E-state index in [-0.39, 0.29) is 10.8 Å². The van der Waals surface area contributed by atoms with Crippen LogP contribution in [0.25, 0.3) is 11.6 Å².